The van der Waals surface area contributed by atoms with Crippen molar-refractivity contribution in [1.82, 2.24) is 0 Å². The molecule has 0 aliphatic carbocycles. The molecular weight excluding hydrogens is 341 g/mol. The van der Waals surface area contributed by atoms with Gasteiger partial charge in [0.15, 0.2) is 9.84 Å². The molecule has 0 aliphatic heterocycles. The van der Waals surface area contributed by atoms with Crippen LogP contribution < -0.4 is 5.32 Å². The summed E-state index contributed by atoms with van der Waals surface area (Å²) in [7, 11) is -3.59. The molecule has 23 heavy (non-hydrogen) atoms. The number of aryl methyl sites for hydroxylation is 1. The van der Waals surface area contributed by atoms with Crippen molar-refractivity contribution < 1.29 is 17.6 Å². The first kappa shape index (κ1) is 17.4. The van der Waals surface area contributed by atoms with Crippen molar-refractivity contribution in [1.29, 1.82) is 0 Å². The minimum atomic E-state index is -3.59. The summed E-state index contributed by atoms with van der Waals surface area (Å²) in [5.41, 5.74) is 1.64. The highest BCUT2D eigenvalue weighted by molar-refractivity contribution is 7.90. The van der Waals surface area contributed by atoms with Gasteiger partial charge in [0, 0.05) is 17.5 Å². The van der Waals surface area contributed by atoms with Crippen molar-refractivity contribution in [2.75, 3.05) is 11.6 Å². The van der Waals surface area contributed by atoms with Gasteiger partial charge in [0.05, 0.1) is 10.6 Å². The summed E-state index contributed by atoms with van der Waals surface area (Å²) < 4.78 is 37.0. The van der Waals surface area contributed by atoms with Gasteiger partial charge in [-0.3, -0.25) is 4.79 Å². The highest BCUT2D eigenvalue weighted by Gasteiger charge is 2.19. The molecule has 0 unspecified atom stereocenters. The Balaban J connectivity index is 2.60. The molecule has 0 saturated heterocycles. The Hall–Kier alpha value is -1.92. The van der Waals surface area contributed by atoms with Crippen LogP contribution in [0.3, 0.4) is 0 Å². The number of benzene rings is 2. The molecule has 1 N–H and O–H groups in total. The number of anilines is 2. The first-order valence-electron chi connectivity index (χ1n) is 6.81. The van der Waals surface area contributed by atoms with Gasteiger partial charge in [0.2, 0.25) is 0 Å². The number of halogens is 2. The van der Waals surface area contributed by atoms with Gasteiger partial charge in [-0.15, -0.1) is 0 Å². The highest BCUT2D eigenvalue weighted by atomic mass is 35.5. The number of hydrogen-bond acceptors (Lipinski definition) is 4. The minimum Gasteiger partial charge on any atom is -0.354 e. The molecule has 0 aromatic heterocycles. The number of nitrogens with one attached hydrogen (secondary N) is 1. The van der Waals surface area contributed by atoms with Crippen molar-refractivity contribution in [3.8, 4) is 0 Å². The van der Waals surface area contributed by atoms with Crippen LogP contribution in [-0.2, 0) is 16.3 Å². The number of sulfone groups is 1. The molecule has 0 aliphatic rings. The van der Waals surface area contributed by atoms with E-state index in [0.29, 0.717) is 23.4 Å². The quantitative estimate of drug-likeness (QED) is 0.826. The van der Waals surface area contributed by atoms with Gasteiger partial charge in [0.25, 0.3) is 5.24 Å². The van der Waals surface area contributed by atoms with Gasteiger partial charge in [-0.2, -0.15) is 0 Å². The second-order valence-corrected chi connectivity index (χ2v) is 7.36. The topological polar surface area (TPSA) is 63.2 Å². The molecule has 4 nitrogen and oxygen atoms in total. The maximum absolute atomic E-state index is 13.0. The van der Waals surface area contributed by atoms with Crippen LogP contribution in [0.4, 0.5) is 15.8 Å². The minimum absolute atomic E-state index is 0.0389. The molecule has 122 valence electrons. The summed E-state index contributed by atoms with van der Waals surface area (Å²) in [6.45, 7) is 1.83. The van der Waals surface area contributed by atoms with Gasteiger partial charge < -0.3 is 5.32 Å². The van der Waals surface area contributed by atoms with Crippen molar-refractivity contribution >= 4 is 38.1 Å². The van der Waals surface area contributed by atoms with Crippen LogP contribution in [-0.4, -0.2) is 19.9 Å². The average molecular weight is 356 g/mol. The fourth-order valence-electron chi connectivity index (χ4n) is 2.19. The molecule has 2 aromatic carbocycles. The SMILES string of the molecule is CCc1cc(Nc2ccc(F)cc2)c(S(C)(=O)=O)cc1C(=O)Cl. The standard InChI is InChI=1S/C16H15ClFNO3S/c1-3-10-8-14(19-12-6-4-11(18)5-7-12)15(23(2,21)22)9-13(10)16(17)20/h4-9,19H,3H2,1-2H3. The lowest BCUT2D eigenvalue weighted by molar-refractivity contribution is 0.108. The van der Waals surface area contributed by atoms with E-state index < -0.39 is 20.9 Å². The van der Waals surface area contributed by atoms with E-state index >= 15 is 0 Å². The van der Waals surface area contributed by atoms with Crippen LogP contribution in [0.15, 0.2) is 41.3 Å². The summed E-state index contributed by atoms with van der Waals surface area (Å²) in [5, 5.41) is 2.24. The number of hydrogen-bond donors (Lipinski definition) is 1. The van der Waals surface area contributed by atoms with Crippen molar-refractivity contribution in [3.63, 3.8) is 0 Å². The van der Waals surface area contributed by atoms with Crippen LogP contribution in [0.25, 0.3) is 0 Å². The molecule has 0 heterocycles. The Bertz CT molecular complexity index is 848. The summed E-state index contributed by atoms with van der Waals surface area (Å²) in [6, 6.07) is 8.37. The molecule has 7 heteroatoms. The zero-order chi connectivity index (χ0) is 17.2. The summed E-state index contributed by atoms with van der Waals surface area (Å²) >= 11 is 5.54. The lowest BCUT2D eigenvalue weighted by atomic mass is 10.0. The van der Waals surface area contributed by atoms with E-state index in [1.54, 1.807) is 6.07 Å². The third-order valence-corrected chi connectivity index (χ3v) is 4.66. The predicted octanol–water partition coefficient (Wildman–Crippen LogP) is 3.91. The van der Waals surface area contributed by atoms with Crippen LogP contribution in [0, 0.1) is 5.82 Å². The molecule has 0 amide bonds. The second kappa shape index (κ2) is 6.68. The lowest BCUT2D eigenvalue weighted by Crippen LogP contribution is -2.07. The monoisotopic (exact) mass is 355 g/mol. The molecule has 0 atom stereocenters. The van der Waals surface area contributed by atoms with E-state index in [0.717, 1.165) is 6.26 Å². The van der Waals surface area contributed by atoms with E-state index in [1.807, 2.05) is 6.92 Å². The third kappa shape index (κ3) is 4.09. The summed E-state index contributed by atoms with van der Waals surface area (Å²) in [6.07, 6.45) is 1.56. The van der Waals surface area contributed by atoms with Gasteiger partial charge in [-0.25, -0.2) is 12.8 Å². The Kier molecular flexibility index (Phi) is 5.06. The zero-order valence-corrected chi connectivity index (χ0v) is 14.1. The van der Waals surface area contributed by atoms with Crippen LogP contribution in [0.2, 0.25) is 0 Å². The first-order chi connectivity index (χ1) is 10.7. The average Bonchev–Trinajstić information content (AvgIpc) is 2.47. The van der Waals surface area contributed by atoms with Gasteiger partial charge in [0.1, 0.15) is 5.82 Å². The third-order valence-electron chi connectivity index (χ3n) is 3.32. The lowest BCUT2D eigenvalue weighted by Gasteiger charge is -2.15. The predicted molar refractivity (Wildman–Crippen MR) is 88.8 cm³/mol. The van der Waals surface area contributed by atoms with Crippen LogP contribution in [0.5, 0.6) is 0 Å². The molecule has 2 aromatic rings. The molecule has 0 fully saturated rings. The van der Waals surface area contributed by atoms with Gasteiger partial charge in [-0.1, -0.05) is 6.92 Å². The first-order valence-corrected chi connectivity index (χ1v) is 9.08. The van der Waals surface area contributed by atoms with Gasteiger partial charge >= 0.3 is 0 Å². The Morgan fingerprint density at radius 1 is 1.22 bits per heavy atom. The second-order valence-electron chi connectivity index (χ2n) is 5.04. The highest BCUT2D eigenvalue weighted by Crippen LogP contribution is 2.30. The van der Waals surface area contributed by atoms with Crippen molar-refractivity contribution in [3.05, 3.63) is 53.3 Å². The van der Waals surface area contributed by atoms with Crippen LogP contribution >= 0.6 is 11.6 Å². The Labute approximate surface area is 139 Å². The Morgan fingerprint density at radius 2 is 1.83 bits per heavy atom. The van der Waals surface area contributed by atoms with E-state index in [9.17, 15) is 17.6 Å². The maximum Gasteiger partial charge on any atom is 0.252 e. The largest absolute Gasteiger partial charge is 0.354 e. The van der Waals surface area contributed by atoms with E-state index in [2.05, 4.69) is 5.32 Å². The number of rotatable bonds is 5. The van der Waals surface area contributed by atoms with E-state index in [-0.39, 0.29) is 10.5 Å². The smallest absolute Gasteiger partial charge is 0.252 e. The van der Waals surface area contributed by atoms with E-state index in [4.69, 9.17) is 11.6 Å². The molecule has 0 radical (unpaired) electrons. The van der Waals surface area contributed by atoms with Crippen molar-refractivity contribution in [2.24, 2.45) is 0 Å². The summed E-state index contributed by atoms with van der Waals surface area (Å²) in [4.78, 5) is 11.5. The zero-order valence-electron chi connectivity index (χ0n) is 12.6. The van der Waals surface area contributed by atoms with Crippen LogP contribution in [0.1, 0.15) is 22.8 Å². The summed E-state index contributed by atoms with van der Waals surface area (Å²) in [5.74, 6) is -0.392. The molecule has 0 saturated carbocycles. The molecular formula is C16H15ClFNO3S. The maximum atomic E-state index is 13.0. The fourth-order valence-corrected chi connectivity index (χ4v) is 3.21. The normalized spacial score (nSPS) is 11.3. The fraction of sp³-hybridized carbons (Fsp3) is 0.188. The molecule has 0 spiro atoms. The molecule has 2 rings (SSSR count). The molecule has 0 bridgehead atoms. The van der Waals surface area contributed by atoms with Crippen molar-refractivity contribution in [2.45, 2.75) is 18.2 Å². The number of carbonyl (C=O) groups is 1. The van der Waals surface area contributed by atoms with E-state index in [1.165, 1.54) is 30.3 Å². The van der Waals surface area contributed by atoms with Gasteiger partial charge in [-0.05, 0) is 60.0 Å². The number of carbonyl (C=O) groups excluding carboxylic acids is 1. The Morgan fingerprint density at radius 3 is 2.30 bits per heavy atom.